The molecule has 0 saturated carbocycles. The number of carbonyl (C=O) groups excluding carboxylic acids is 1. The van der Waals surface area contributed by atoms with Crippen LogP contribution in [0, 0.1) is 0 Å². The Hall–Kier alpha value is -1.43. The van der Waals surface area contributed by atoms with Gasteiger partial charge in [0.05, 0.1) is 13.2 Å². The Morgan fingerprint density at radius 1 is 1.47 bits per heavy atom. The molecule has 0 radical (unpaired) electrons. The molecule has 1 saturated heterocycles. The van der Waals surface area contributed by atoms with E-state index in [-0.39, 0.29) is 12.3 Å². The largest absolute Gasteiger partial charge is 0.453 e. The van der Waals surface area contributed by atoms with Gasteiger partial charge in [-0.15, -0.1) is 0 Å². The molecule has 1 aromatic carbocycles. The molecular weight excluding hydrogens is 220 g/mol. The number of hydrazine groups is 1. The van der Waals surface area contributed by atoms with Gasteiger partial charge in [-0.05, 0) is 12.1 Å². The van der Waals surface area contributed by atoms with Crippen molar-refractivity contribution < 1.29 is 14.3 Å². The average Bonchev–Trinajstić information content (AvgIpc) is 2.30. The van der Waals surface area contributed by atoms with Crippen molar-refractivity contribution in [1.29, 1.82) is 0 Å². The zero-order valence-electron chi connectivity index (χ0n) is 9.76. The zero-order valence-corrected chi connectivity index (χ0v) is 9.76. The number of hydrogen-bond acceptors (Lipinski definition) is 5. The highest BCUT2D eigenvalue weighted by atomic mass is 16.7. The third kappa shape index (κ3) is 2.63. The van der Waals surface area contributed by atoms with E-state index < -0.39 is 5.79 Å². The minimum absolute atomic E-state index is 0.184. The molecule has 1 aromatic rings. The maximum absolute atomic E-state index is 11.7. The molecule has 5 heteroatoms. The number of ketones is 1. The summed E-state index contributed by atoms with van der Waals surface area (Å²) in [5.41, 5.74) is 0. The van der Waals surface area contributed by atoms with E-state index in [1.165, 1.54) is 11.9 Å². The van der Waals surface area contributed by atoms with Crippen molar-refractivity contribution in [2.75, 3.05) is 19.7 Å². The van der Waals surface area contributed by atoms with Crippen molar-refractivity contribution in [3.8, 4) is 5.75 Å². The van der Waals surface area contributed by atoms with Gasteiger partial charge in [0.1, 0.15) is 5.75 Å². The van der Waals surface area contributed by atoms with Crippen molar-refractivity contribution in [1.82, 2.24) is 5.01 Å². The molecule has 1 heterocycles. The first-order valence-corrected chi connectivity index (χ1v) is 5.51. The summed E-state index contributed by atoms with van der Waals surface area (Å²) in [6, 6.07) is 9.12. The van der Waals surface area contributed by atoms with Crippen LogP contribution in [0.1, 0.15) is 6.92 Å². The Morgan fingerprint density at radius 3 is 2.76 bits per heavy atom. The Bertz CT molecular complexity index is 396. The van der Waals surface area contributed by atoms with Crippen LogP contribution < -0.4 is 10.6 Å². The predicted molar refractivity (Wildman–Crippen MR) is 62.2 cm³/mol. The topological polar surface area (TPSA) is 64.8 Å². The first kappa shape index (κ1) is 12.0. The van der Waals surface area contributed by atoms with Crippen LogP contribution in [0.4, 0.5) is 0 Å². The Morgan fingerprint density at radius 2 is 2.18 bits per heavy atom. The van der Waals surface area contributed by atoms with E-state index in [9.17, 15) is 4.79 Å². The van der Waals surface area contributed by atoms with Gasteiger partial charge in [-0.25, -0.2) is 5.01 Å². The van der Waals surface area contributed by atoms with Gasteiger partial charge in [-0.2, -0.15) is 0 Å². The lowest BCUT2D eigenvalue weighted by Crippen LogP contribution is -2.61. The summed E-state index contributed by atoms with van der Waals surface area (Å²) in [6.45, 7) is 2.65. The van der Waals surface area contributed by atoms with E-state index in [1.54, 1.807) is 12.1 Å². The number of Topliss-reactive ketones (excluding diaryl/α,β-unsaturated/α-hetero) is 1. The highest BCUT2D eigenvalue weighted by Crippen LogP contribution is 2.23. The molecular formula is C12H16N2O3. The number of nitrogens with zero attached hydrogens (tertiary/aromatic N) is 1. The molecule has 5 nitrogen and oxygen atoms in total. The van der Waals surface area contributed by atoms with E-state index in [2.05, 4.69) is 0 Å². The molecule has 0 spiro atoms. The molecule has 0 bridgehead atoms. The van der Waals surface area contributed by atoms with E-state index in [4.69, 9.17) is 15.3 Å². The summed E-state index contributed by atoms with van der Waals surface area (Å²) in [5.74, 6) is 4.85. The van der Waals surface area contributed by atoms with Gasteiger partial charge >= 0.3 is 0 Å². The van der Waals surface area contributed by atoms with Crippen LogP contribution in [0.15, 0.2) is 30.3 Å². The quantitative estimate of drug-likeness (QED) is 0.777. The Labute approximate surface area is 100 Å². The summed E-state index contributed by atoms with van der Waals surface area (Å²) in [5, 5.41) is 1.54. The van der Waals surface area contributed by atoms with Crippen molar-refractivity contribution in [3.63, 3.8) is 0 Å². The number of rotatable bonds is 3. The summed E-state index contributed by atoms with van der Waals surface area (Å²) < 4.78 is 11.2. The standard InChI is InChI=1S/C12H16N2O3/c1-10(15)12(9-14(13)7-8-16-12)17-11-5-3-2-4-6-11/h2-6H,7-9,13H2,1H3. The van der Waals surface area contributed by atoms with Crippen LogP contribution in [-0.4, -0.2) is 36.3 Å². The molecule has 17 heavy (non-hydrogen) atoms. The normalized spacial score (nSPS) is 25.5. The van der Waals surface area contributed by atoms with Gasteiger partial charge < -0.3 is 9.47 Å². The van der Waals surface area contributed by atoms with Crippen LogP contribution in [0.2, 0.25) is 0 Å². The van der Waals surface area contributed by atoms with Crippen LogP contribution in [-0.2, 0) is 9.53 Å². The van der Waals surface area contributed by atoms with Gasteiger partial charge in [0.15, 0.2) is 0 Å². The third-order valence-electron chi connectivity index (χ3n) is 2.69. The lowest BCUT2D eigenvalue weighted by atomic mass is 10.1. The minimum Gasteiger partial charge on any atom is -0.453 e. The highest BCUT2D eigenvalue weighted by Gasteiger charge is 2.43. The molecule has 1 aliphatic rings. The summed E-state index contributed by atoms with van der Waals surface area (Å²) in [4.78, 5) is 11.7. The van der Waals surface area contributed by atoms with E-state index >= 15 is 0 Å². The lowest BCUT2D eigenvalue weighted by molar-refractivity contribution is -0.216. The van der Waals surface area contributed by atoms with Crippen molar-refractivity contribution in [2.45, 2.75) is 12.7 Å². The highest BCUT2D eigenvalue weighted by molar-refractivity contribution is 5.84. The number of morpholine rings is 1. The second-order valence-electron chi connectivity index (χ2n) is 4.04. The first-order chi connectivity index (χ1) is 8.12. The number of para-hydroxylation sites is 1. The SMILES string of the molecule is CC(=O)C1(Oc2ccccc2)CN(N)CCO1. The summed E-state index contributed by atoms with van der Waals surface area (Å²) in [7, 11) is 0. The number of nitrogens with two attached hydrogens (primary N) is 1. The van der Waals surface area contributed by atoms with Crippen LogP contribution in [0.25, 0.3) is 0 Å². The lowest BCUT2D eigenvalue weighted by Gasteiger charge is -2.38. The van der Waals surface area contributed by atoms with Gasteiger partial charge in [-0.3, -0.25) is 10.6 Å². The molecule has 92 valence electrons. The molecule has 1 aliphatic heterocycles. The van der Waals surface area contributed by atoms with Crippen molar-refractivity contribution in [3.05, 3.63) is 30.3 Å². The molecule has 0 amide bonds. The predicted octanol–water partition coefficient (Wildman–Crippen LogP) is 0.557. The number of ether oxygens (including phenoxy) is 2. The van der Waals surface area contributed by atoms with Gasteiger partial charge in [0.25, 0.3) is 5.79 Å². The molecule has 0 aliphatic carbocycles. The molecule has 2 N–H and O–H groups in total. The fourth-order valence-corrected chi connectivity index (χ4v) is 1.75. The van der Waals surface area contributed by atoms with Gasteiger partial charge in [0, 0.05) is 13.5 Å². The summed E-state index contributed by atoms with van der Waals surface area (Å²) >= 11 is 0. The smallest absolute Gasteiger partial charge is 0.284 e. The summed E-state index contributed by atoms with van der Waals surface area (Å²) in [6.07, 6.45) is 0. The second-order valence-corrected chi connectivity index (χ2v) is 4.04. The second kappa shape index (κ2) is 4.83. The maximum atomic E-state index is 11.7. The van der Waals surface area contributed by atoms with E-state index in [0.717, 1.165) is 0 Å². The van der Waals surface area contributed by atoms with E-state index in [0.29, 0.717) is 18.9 Å². The third-order valence-corrected chi connectivity index (χ3v) is 2.69. The van der Waals surface area contributed by atoms with Crippen LogP contribution >= 0.6 is 0 Å². The Kier molecular flexibility index (Phi) is 3.42. The number of benzene rings is 1. The van der Waals surface area contributed by atoms with Crippen molar-refractivity contribution >= 4 is 5.78 Å². The fraction of sp³-hybridized carbons (Fsp3) is 0.417. The monoisotopic (exact) mass is 236 g/mol. The molecule has 0 aromatic heterocycles. The molecule has 2 rings (SSSR count). The average molecular weight is 236 g/mol. The molecule has 1 fully saturated rings. The van der Waals surface area contributed by atoms with Crippen LogP contribution in [0.3, 0.4) is 0 Å². The first-order valence-electron chi connectivity index (χ1n) is 5.51. The van der Waals surface area contributed by atoms with E-state index in [1.807, 2.05) is 18.2 Å². The van der Waals surface area contributed by atoms with Gasteiger partial charge in [0.2, 0.25) is 5.78 Å². The number of hydrogen-bond donors (Lipinski definition) is 1. The van der Waals surface area contributed by atoms with Crippen molar-refractivity contribution in [2.24, 2.45) is 5.84 Å². The Balaban J connectivity index is 2.20. The van der Waals surface area contributed by atoms with Crippen LogP contribution in [0.5, 0.6) is 5.75 Å². The minimum atomic E-state index is -1.28. The van der Waals surface area contributed by atoms with Gasteiger partial charge in [-0.1, -0.05) is 18.2 Å². The molecule has 1 unspecified atom stereocenters. The fourth-order valence-electron chi connectivity index (χ4n) is 1.75. The number of carbonyl (C=O) groups is 1. The zero-order chi connectivity index (χ0) is 12.3. The maximum Gasteiger partial charge on any atom is 0.284 e. The molecule has 1 atom stereocenters.